The summed E-state index contributed by atoms with van der Waals surface area (Å²) in [7, 11) is 0. The molecule has 102 valence electrons. The van der Waals surface area contributed by atoms with E-state index in [4.69, 9.17) is 22.7 Å². The average molecular weight is 270 g/mol. The van der Waals surface area contributed by atoms with Crippen LogP contribution >= 0.6 is 12.2 Å². The SMILES string of the molecule is CC1CC(C(=O)NCC2(C)CCCO2)(C(N)=S)C1. The van der Waals surface area contributed by atoms with Gasteiger partial charge in [0.05, 0.1) is 16.0 Å². The van der Waals surface area contributed by atoms with Gasteiger partial charge in [-0.3, -0.25) is 4.79 Å². The zero-order valence-electron chi connectivity index (χ0n) is 11.1. The second-order valence-electron chi connectivity index (χ2n) is 6.04. The number of nitrogens with two attached hydrogens (primary N) is 1. The third-order valence-corrected chi connectivity index (χ3v) is 4.61. The number of nitrogens with one attached hydrogen (secondary N) is 1. The van der Waals surface area contributed by atoms with Crippen LogP contribution in [-0.4, -0.2) is 29.6 Å². The largest absolute Gasteiger partial charge is 0.392 e. The number of carbonyl (C=O) groups is 1. The van der Waals surface area contributed by atoms with Crippen molar-refractivity contribution in [3.8, 4) is 0 Å². The Labute approximate surface area is 114 Å². The average Bonchev–Trinajstić information content (AvgIpc) is 2.68. The molecule has 0 aromatic rings. The highest BCUT2D eigenvalue weighted by molar-refractivity contribution is 7.80. The highest BCUT2D eigenvalue weighted by Gasteiger charge is 2.51. The van der Waals surface area contributed by atoms with E-state index in [9.17, 15) is 4.79 Å². The summed E-state index contributed by atoms with van der Waals surface area (Å²) in [4.78, 5) is 12.6. The highest BCUT2D eigenvalue weighted by Crippen LogP contribution is 2.46. The third-order valence-electron chi connectivity index (χ3n) is 4.22. The number of hydrogen-bond donors (Lipinski definition) is 2. The van der Waals surface area contributed by atoms with Crippen LogP contribution in [0.4, 0.5) is 0 Å². The molecule has 1 saturated heterocycles. The fourth-order valence-corrected chi connectivity index (χ4v) is 3.30. The van der Waals surface area contributed by atoms with Crippen molar-refractivity contribution < 1.29 is 9.53 Å². The summed E-state index contributed by atoms with van der Waals surface area (Å²) in [6.07, 6.45) is 3.59. The summed E-state index contributed by atoms with van der Waals surface area (Å²) in [6, 6.07) is 0. The van der Waals surface area contributed by atoms with Crippen molar-refractivity contribution in [2.75, 3.05) is 13.2 Å². The van der Waals surface area contributed by atoms with Crippen LogP contribution in [0.3, 0.4) is 0 Å². The summed E-state index contributed by atoms with van der Waals surface area (Å²) < 4.78 is 5.66. The lowest BCUT2D eigenvalue weighted by atomic mass is 9.62. The second kappa shape index (κ2) is 4.78. The molecule has 0 radical (unpaired) electrons. The summed E-state index contributed by atoms with van der Waals surface area (Å²) in [5.74, 6) is 0.500. The molecule has 1 unspecified atom stereocenters. The van der Waals surface area contributed by atoms with E-state index in [1.807, 2.05) is 6.92 Å². The molecule has 0 spiro atoms. The maximum Gasteiger partial charge on any atom is 0.233 e. The Balaban J connectivity index is 1.93. The van der Waals surface area contributed by atoms with Gasteiger partial charge in [-0.25, -0.2) is 0 Å². The van der Waals surface area contributed by atoms with Gasteiger partial charge < -0.3 is 15.8 Å². The van der Waals surface area contributed by atoms with Gasteiger partial charge in [-0.1, -0.05) is 19.1 Å². The minimum absolute atomic E-state index is 0.0233. The molecule has 1 heterocycles. The number of hydrogen-bond acceptors (Lipinski definition) is 3. The molecular weight excluding hydrogens is 248 g/mol. The molecule has 0 aromatic heterocycles. The molecular formula is C13H22N2O2S. The predicted octanol–water partition coefficient (Wildman–Crippen LogP) is 1.37. The van der Waals surface area contributed by atoms with E-state index in [0.29, 0.717) is 17.5 Å². The van der Waals surface area contributed by atoms with Gasteiger partial charge in [-0.15, -0.1) is 0 Å². The first-order valence-electron chi connectivity index (χ1n) is 6.60. The summed E-state index contributed by atoms with van der Waals surface area (Å²) in [5.41, 5.74) is 4.92. The van der Waals surface area contributed by atoms with Crippen LogP contribution in [0.2, 0.25) is 0 Å². The molecule has 2 aliphatic rings. The third kappa shape index (κ3) is 2.38. The molecule has 2 fully saturated rings. The number of amides is 1. The minimum atomic E-state index is -0.607. The van der Waals surface area contributed by atoms with Gasteiger partial charge in [0.1, 0.15) is 0 Å². The zero-order chi connectivity index (χ0) is 13.4. The van der Waals surface area contributed by atoms with E-state index >= 15 is 0 Å². The topological polar surface area (TPSA) is 64.3 Å². The van der Waals surface area contributed by atoms with Crippen LogP contribution in [0, 0.1) is 11.3 Å². The second-order valence-corrected chi connectivity index (χ2v) is 6.48. The van der Waals surface area contributed by atoms with Gasteiger partial charge in [0.15, 0.2) is 0 Å². The molecule has 2 rings (SSSR count). The van der Waals surface area contributed by atoms with Crippen LogP contribution in [0.15, 0.2) is 0 Å². The monoisotopic (exact) mass is 270 g/mol. The Bertz CT molecular complexity index is 358. The summed E-state index contributed by atoms with van der Waals surface area (Å²) in [5, 5.41) is 2.98. The molecule has 1 saturated carbocycles. The van der Waals surface area contributed by atoms with Gasteiger partial charge in [-0.2, -0.15) is 0 Å². The first-order chi connectivity index (χ1) is 8.38. The normalized spacial score (nSPS) is 39.1. The molecule has 3 N–H and O–H groups in total. The Hall–Kier alpha value is -0.680. The van der Waals surface area contributed by atoms with E-state index in [1.165, 1.54) is 0 Å². The van der Waals surface area contributed by atoms with Gasteiger partial charge in [0.2, 0.25) is 5.91 Å². The highest BCUT2D eigenvalue weighted by atomic mass is 32.1. The standard InChI is InChI=1S/C13H22N2O2S/c1-9-6-13(7-9,10(14)18)11(16)15-8-12(2)4-3-5-17-12/h9H,3-8H2,1-2H3,(H2,14,18)(H,15,16). The van der Waals surface area contributed by atoms with Crippen LogP contribution in [0.1, 0.15) is 39.5 Å². The fraction of sp³-hybridized carbons (Fsp3) is 0.846. The van der Waals surface area contributed by atoms with Crippen molar-refractivity contribution in [3.63, 3.8) is 0 Å². The van der Waals surface area contributed by atoms with Crippen molar-refractivity contribution in [2.24, 2.45) is 17.1 Å². The first kappa shape index (κ1) is 13.7. The maximum absolute atomic E-state index is 12.3. The lowest BCUT2D eigenvalue weighted by molar-refractivity contribution is -0.134. The van der Waals surface area contributed by atoms with E-state index in [0.717, 1.165) is 32.3 Å². The van der Waals surface area contributed by atoms with Crippen LogP contribution in [0.5, 0.6) is 0 Å². The zero-order valence-corrected chi connectivity index (χ0v) is 11.9. The molecule has 5 heteroatoms. The Morgan fingerprint density at radius 2 is 2.22 bits per heavy atom. The molecule has 1 amide bonds. The number of carbonyl (C=O) groups excluding carboxylic acids is 1. The quantitative estimate of drug-likeness (QED) is 0.757. The first-order valence-corrected chi connectivity index (χ1v) is 7.01. The van der Waals surface area contributed by atoms with E-state index in [-0.39, 0.29) is 11.5 Å². The maximum atomic E-state index is 12.3. The number of rotatable bonds is 4. The van der Waals surface area contributed by atoms with Crippen LogP contribution in [-0.2, 0) is 9.53 Å². The molecule has 18 heavy (non-hydrogen) atoms. The Morgan fingerprint density at radius 1 is 1.56 bits per heavy atom. The van der Waals surface area contributed by atoms with Crippen LogP contribution < -0.4 is 11.1 Å². The molecule has 4 nitrogen and oxygen atoms in total. The van der Waals surface area contributed by atoms with Crippen molar-refractivity contribution >= 4 is 23.1 Å². The van der Waals surface area contributed by atoms with Gasteiger partial charge in [0, 0.05) is 13.2 Å². The Morgan fingerprint density at radius 3 is 2.67 bits per heavy atom. The van der Waals surface area contributed by atoms with Crippen molar-refractivity contribution in [1.82, 2.24) is 5.32 Å². The van der Waals surface area contributed by atoms with Crippen molar-refractivity contribution in [1.29, 1.82) is 0 Å². The van der Waals surface area contributed by atoms with Crippen molar-refractivity contribution in [2.45, 2.75) is 45.1 Å². The Kier molecular flexibility index (Phi) is 3.65. The van der Waals surface area contributed by atoms with Gasteiger partial charge >= 0.3 is 0 Å². The van der Waals surface area contributed by atoms with Gasteiger partial charge in [0.25, 0.3) is 0 Å². The number of thiocarbonyl (C=S) groups is 1. The lowest BCUT2D eigenvalue weighted by Crippen LogP contribution is -2.57. The molecule has 1 atom stereocenters. The van der Waals surface area contributed by atoms with Gasteiger partial charge in [-0.05, 0) is 38.5 Å². The molecule has 0 bridgehead atoms. The van der Waals surface area contributed by atoms with E-state index in [1.54, 1.807) is 0 Å². The summed E-state index contributed by atoms with van der Waals surface area (Å²) >= 11 is 5.07. The minimum Gasteiger partial charge on any atom is -0.392 e. The smallest absolute Gasteiger partial charge is 0.233 e. The fourth-order valence-electron chi connectivity index (χ4n) is 3.04. The van der Waals surface area contributed by atoms with E-state index in [2.05, 4.69) is 12.2 Å². The van der Waals surface area contributed by atoms with Crippen molar-refractivity contribution in [3.05, 3.63) is 0 Å². The predicted molar refractivity (Wildman–Crippen MR) is 74.2 cm³/mol. The molecule has 0 aromatic carbocycles. The molecule has 1 aliphatic heterocycles. The lowest BCUT2D eigenvalue weighted by Gasteiger charge is -2.44. The van der Waals surface area contributed by atoms with Crippen LogP contribution in [0.25, 0.3) is 0 Å². The molecule has 1 aliphatic carbocycles. The summed E-state index contributed by atoms with van der Waals surface area (Å²) in [6.45, 7) is 5.48. The van der Waals surface area contributed by atoms with E-state index < -0.39 is 5.41 Å². The number of ether oxygens (including phenoxy) is 1.